The van der Waals surface area contributed by atoms with Crippen molar-refractivity contribution in [3.05, 3.63) is 107 Å². The standard InChI is InChI=1S/C25H28/c1-20(23-14-8-5-9-15-23)17-22-13-10-16-24(18-22)25(2,3)19-21-11-6-4-7-12-21/h4-16,18,20H,17,19H2,1-3H3. The number of rotatable bonds is 6. The predicted octanol–water partition coefficient (Wildman–Crippen LogP) is 6.55. The van der Waals surface area contributed by atoms with Gasteiger partial charge < -0.3 is 0 Å². The van der Waals surface area contributed by atoms with Gasteiger partial charge in [0.15, 0.2) is 0 Å². The monoisotopic (exact) mass is 328 g/mol. The molecule has 3 aromatic carbocycles. The van der Waals surface area contributed by atoms with E-state index in [0.29, 0.717) is 5.92 Å². The lowest BCUT2D eigenvalue weighted by Crippen LogP contribution is -2.20. The molecule has 0 radical (unpaired) electrons. The van der Waals surface area contributed by atoms with Gasteiger partial charge in [-0.05, 0) is 46.4 Å². The molecular formula is C25H28. The average molecular weight is 328 g/mol. The molecule has 1 atom stereocenters. The summed E-state index contributed by atoms with van der Waals surface area (Å²) in [4.78, 5) is 0. The maximum atomic E-state index is 2.41. The Bertz CT molecular complexity index is 785. The second-order valence-corrected chi connectivity index (χ2v) is 7.76. The van der Waals surface area contributed by atoms with Crippen LogP contribution in [0.1, 0.15) is 48.9 Å². The van der Waals surface area contributed by atoms with Gasteiger partial charge in [-0.1, -0.05) is 106 Å². The van der Waals surface area contributed by atoms with E-state index in [-0.39, 0.29) is 5.41 Å². The van der Waals surface area contributed by atoms with E-state index in [1.165, 1.54) is 22.3 Å². The lowest BCUT2D eigenvalue weighted by molar-refractivity contribution is 0.521. The Morgan fingerprint density at radius 2 is 1.32 bits per heavy atom. The smallest absolute Gasteiger partial charge is 0.00631 e. The van der Waals surface area contributed by atoms with Gasteiger partial charge in [-0.15, -0.1) is 0 Å². The van der Waals surface area contributed by atoms with Gasteiger partial charge in [0.2, 0.25) is 0 Å². The molecule has 25 heavy (non-hydrogen) atoms. The van der Waals surface area contributed by atoms with Crippen LogP contribution in [0.3, 0.4) is 0 Å². The van der Waals surface area contributed by atoms with Crippen LogP contribution in [0.2, 0.25) is 0 Å². The van der Waals surface area contributed by atoms with Crippen LogP contribution in [0.25, 0.3) is 0 Å². The zero-order chi connectivity index (χ0) is 17.7. The lowest BCUT2D eigenvalue weighted by atomic mass is 9.78. The molecule has 0 heterocycles. The van der Waals surface area contributed by atoms with E-state index < -0.39 is 0 Å². The van der Waals surface area contributed by atoms with Crippen LogP contribution in [0.5, 0.6) is 0 Å². The molecule has 128 valence electrons. The van der Waals surface area contributed by atoms with Crippen molar-refractivity contribution in [2.75, 3.05) is 0 Å². The molecular weight excluding hydrogens is 300 g/mol. The summed E-state index contributed by atoms with van der Waals surface area (Å²) in [6.45, 7) is 7.01. The van der Waals surface area contributed by atoms with E-state index in [1.54, 1.807) is 0 Å². The van der Waals surface area contributed by atoms with Crippen LogP contribution < -0.4 is 0 Å². The van der Waals surface area contributed by atoms with Gasteiger partial charge in [-0.2, -0.15) is 0 Å². The predicted molar refractivity (Wildman–Crippen MR) is 108 cm³/mol. The second kappa shape index (κ2) is 7.70. The van der Waals surface area contributed by atoms with E-state index in [4.69, 9.17) is 0 Å². The van der Waals surface area contributed by atoms with Crippen molar-refractivity contribution < 1.29 is 0 Å². The summed E-state index contributed by atoms with van der Waals surface area (Å²) in [7, 11) is 0. The highest BCUT2D eigenvalue weighted by atomic mass is 14.3. The SMILES string of the molecule is CC(Cc1cccc(C(C)(C)Cc2ccccc2)c1)c1ccccc1. The fourth-order valence-corrected chi connectivity index (χ4v) is 3.58. The zero-order valence-corrected chi connectivity index (χ0v) is 15.6. The highest BCUT2D eigenvalue weighted by molar-refractivity contribution is 5.33. The maximum Gasteiger partial charge on any atom is -0.00631 e. The summed E-state index contributed by atoms with van der Waals surface area (Å²) in [6.07, 6.45) is 2.14. The topological polar surface area (TPSA) is 0 Å². The maximum absolute atomic E-state index is 2.41. The Balaban J connectivity index is 1.76. The van der Waals surface area contributed by atoms with Crippen LogP contribution in [-0.4, -0.2) is 0 Å². The van der Waals surface area contributed by atoms with E-state index >= 15 is 0 Å². The van der Waals surface area contributed by atoms with Crippen molar-refractivity contribution >= 4 is 0 Å². The van der Waals surface area contributed by atoms with Crippen LogP contribution in [0, 0.1) is 0 Å². The number of hydrogen-bond donors (Lipinski definition) is 0. The molecule has 0 amide bonds. The molecule has 0 N–H and O–H groups in total. The van der Waals surface area contributed by atoms with Gasteiger partial charge in [-0.3, -0.25) is 0 Å². The molecule has 0 saturated carbocycles. The Labute approximate surface area is 152 Å². The number of benzene rings is 3. The normalized spacial score (nSPS) is 12.8. The highest BCUT2D eigenvalue weighted by Gasteiger charge is 2.21. The third kappa shape index (κ3) is 4.60. The van der Waals surface area contributed by atoms with Gasteiger partial charge >= 0.3 is 0 Å². The van der Waals surface area contributed by atoms with Gasteiger partial charge in [0.1, 0.15) is 0 Å². The van der Waals surface area contributed by atoms with Crippen molar-refractivity contribution in [2.24, 2.45) is 0 Å². The first kappa shape index (κ1) is 17.5. The first-order valence-corrected chi connectivity index (χ1v) is 9.23. The Hall–Kier alpha value is -2.34. The minimum absolute atomic E-state index is 0.132. The van der Waals surface area contributed by atoms with Crippen LogP contribution in [-0.2, 0) is 18.3 Å². The quantitative estimate of drug-likeness (QED) is 0.481. The van der Waals surface area contributed by atoms with E-state index in [2.05, 4.69) is 106 Å². The molecule has 0 aromatic heterocycles. The molecule has 1 unspecified atom stereocenters. The average Bonchev–Trinajstić information content (AvgIpc) is 2.63. The third-order valence-corrected chi connectivity index (χ3v) is 5.11. The van der Waals surface area contributed by atoms with Crippen molar-refractivity contribution in [3.63, 3.8) is 0 Å². The molecule has 0 fully saturated rings. The summed E-state index contributed by atoms with van der Waals surface area (Å²) >= 11 is 0. The van der Waals surface area contributed by atoms with Crippen molar-refractivity contribution in [3.8, 4) is 0 Å². The summed E-state index contributed by atoms with van der Waals surface area (Å²) in [5.41, 5.74) is 5.80. The van der Waals surface area contributed by atoms with Crippen LogP contribution in [0.4, 0.5) is 0 Å². The molecule has 0 nitrogen and oxygen atoms in total. The van der Waals surface area contributed by atoms with Crippen molar-refractivity contribution in [1.82, 2.24) is 0 Å². The second-order valence-electron chi connectivity index (χ2n) is 7.76. The van der Waals surface area contributed by atoms with Gasteiger partial charge in [0.25, 0.3) is 0 Å². The minimum Gasteiger partial charge on any atom is -0.0622 e. The molecule has 0 bridgehead atoms. The van der Waals surface area contributed by atoms with Crippen molar-refractivity contribution in [2.45, 2.75) is 44.9 Å². The fourth-order valence-electron chi connectivity index (χ4n) is 3.58. The fraction of sp³-hybridized carbons (Fsp3) is 0.280. The molecule has 0 heteroatoms. The molecule has 3 rings (SSSR count). The summed E-state index contributed by atoms with van der Waals surface area (Å²) in [6, 6.07) is 30.8. The van der Waals surface area contributed by atoms with Crippen LogP contribution in [0.15, 0.2) is 84.9 Å². The molecule has 0 aliphatic heterocycles. The lowest BCUT2D eigenvalue weighted by Gasteiger charge is -2.26. The van der Waals surface area contributed by atoms with Crippen molar-refractivity contribution in [1.29, 1.82) is 0 Å². The molecule has 0 aliphatic rings. The molecule has 3 aromatic rings. The highest BCUT2D eigenvalue weighted by Crippen LogP contribution is 2.29. The van der Waals surface area contributed by atoms with E-state index in [1.807, 2.05) is 0 Å². The van der Waals surface area contributed by atoms with Gasteiger partial charge in [0.05, 0.1) is 0 Å². The largest absolute Gasteiger partial charge is 0.0622 e. The summed E-state index contributed by atoms with van der Waals surface area (Å²) in [5, 5.41) is 0. The molecule has 0 aliphatic carbocycles. The minimum atomic E-state index is 0.132. The van der Waals surface area contributed by atoms with Gasteiger partial charge in [-0.25, -0.2) is 0 Å². The van der Waals surface area contributed by atoms with E-state index in [0.717, 1.165) is 12.8 Å². The zero-order valence-electron chi connectivity index (χ0n) is 15.6. The summed E-state index contributed by atoms with van der Waals surface area (Å²) in [5.74, 6) is 0.536. The Morgan fingerprint density at radius 3 is 2.00 bits per heavy atom. The van der Waals surface area contributed by atoms with Gasteiger partial charge in [0, 0.05) is 0 Å². The Morgan fingerprint density at radius 1 is 0.720 bits per heavy atom. The Kier molecular flexibility index (Phi) is 5.38. The summed E-state index contributed by atoms with van der Waals surface area (Å²) < 4.78 is 0. The first-order valence-electron chi connectivity index (χ1n) is 9.23. The number of hydrogen-bond acceptors (Lipinski definition) is 0. The molecule has 0 spiro atoms. The molecule has 0 saturated heterocycles. The van der Waals surface area contributed by atoms with Crippen LogP contribution >= 0.6 is 0 Å². The third-order valence-electron chi connectivity index (χ3n) is 5.11. The van der Waals surface area contributed by atoms with E-state index in [9.17, 15) is 0 Å². The first-order chi connectivity index (χ1) is 12.0.